The van der Waals surface area contributed by atoms with Gasteiger partial charge in [-0.2, -0.15) is 0 Å². The van der Waals surface area contributed by atoms with E-state index in [-0.39, 0.29) is 22.1 Å². The van der Waals surface area contributed by atoms with Crippen molar-refractivity contribution in [3.63, 3.8) is 0 Å². The van der Waals surface area contributed by atoms with Gasteiger partial charge in [0.2, 0.25) is 0 Å². The van der Waals surface area contributed by atoms with Crippen molar-refractivity contribution in [1.82, 2.24) is 0 Å². The fraction of sp³-hybridized carbons (Fsp3) is 0. The van der Waals surface area contributed by atoms with E-state index in [0.717, 1.165) is 4.47 Å². The zero-order valence-electron chi connectivity index (χ0n) is 10.6. The summed E-state index contributed by atoms with van der Waals surface area (Å²) in [4.78, 5) is 12.3. The van der Waals surface area contributed by atoms with Gasteiger partial charge < -0.3 is 21.3 Å². The highest BCUT2D eigenvalue weighted by Crippen LogP contribution is 2.28. The second kappa shape index (κ2) is 6.11. The molecular formula is C14H11BrN2O3S. The lowest BCUT2D eigenvalue weighted by molar-refractivity contribution is 0.102. The topological polar surface area (TPSA) is 95.6 Å². The molecule has 1 amide bonds. The summed E-state index contributed by atoms with van der Waals surface area (Å²) in [5, 5.41) is 22.0. The maximum Gasteiger partial charge on any atom is 0.263 e. The van der Waals surface area contributed by atoms with Crippen molar-refractivity contribution >= 4 is 44.7 Å². The molecule has 2 aromatic carbocycles. The Bertz CT molecular complexity index is 714. The summed E-state index contributed by atoms with van der Waals surface area (Å²) in [5.41, 5.74) is 6.25. The highest BCUT2D eigenvalue weighted by molar-refractivity contribution is 9.10. The number of benzene rings is 2. The molecule has 5 nitrogen and oxygen atoms in total. The number of phenolic OH excluding ortho intramolecular Hbond substituents is 2. The number of rotatable bonds is 3. The van der Waals surface area contributed by atoms with Crippen LogP contribution in [-0.4, -0.2) is 21.1 Å². The number of halogens is 1. The second-order valence-corrected chi connectivity index (χ2v) is 5.54. The van der Waals surface area contributed by atoms with Gasteiger partial charge in [-0.25, -0.2) is 0 Å². The molecule has 0 radical (unpaired) electrons. The summed E-state index contributed by atoms with van der Waals surface area (Å²) in [7, 11) is 0. The van der Waals surface area contributed by atoms with E-state index >= 15 is 0 Å². The predicted molar refractivity (Wildman–Crippen MR) is 87.8 cm³/mol. The van der Waals surface area contributed by atoms with Crippen LogP contribution in [0.2, 0.25) is 0 Å². The Labute approximate surface area is 134 Å². The van der Waals surface area contributed by atoms with E-state index in [1.807, 2.05) is 0 Å². The van der Waals surface area contributed by atoms with Gasteiger partial charge in [-0.1, -0.05) is 34.2 Å². The predicted octanol–water partition coefficient (Wildman–Crippen LogP) is 2.75. The number of nitrogens with one attached hydrogen (secondary N) is 1. The number of phenols is 2. The summed E-state index contributed by atoms with van der Waals surface area (Å²) in [5.74, 6) is -1.31. The normalized spacial score (nSPS) is 10.1. The molecule has 0 spiro atoms. The molecule has 7 heteroatoms. The average molecular weight is 367 g/mol. The molecule has 0 heterocycles. The van der Waals surface area contributed by atoms with Crippen molar-refractivity contribution in [3.05, 3.63) is 52.0 Å². The van der Waals surface area contributed by atoms with Gasteiger partial charge in [0.1, 0.15) is 22.1 Å². The molecule has 5 N–H and O–H groups in total. The Morgan fingerprint density at radius 3 is 2.38 bits per heavy atom. The lowest BCUT2D eigenvalue weighted by Gasteiger charge is -2.12. The minimum Gasteiger partial charge on any atom is -0.507 e. The van der Waals surface area contributed by atoms with Gasteiger partial charge in [-0.15, -0.1) is 0 Å². The smallest absolute Gasteiger partial charge is 0.263 e. The minimum atomic E-state index is -0.666. The van der Waals surface area contributed by atoms with Crippen molar-refractivity contribution < 1.29 is 15.0 Å². The molecule has 0 unspecified atom stereocenters. The zero-order valence-corrected chi connectivity index (χ0v) is 13.0. The van der Waals surface area contributed by atoms with E-state index in [1.54, 1.807) is 18.2 Å². The van der Waals surface area contributed by atoms with Gasteiger partial charge in [0.15, 0.2) is 0 Å². The van der Waals surface area contributed by atoms with Crippen molar-refractivity contribution in [2.45, 2.75) is 0 Å². The van der Waals surface area contributed by atoms with Crippen molar-refractivity contribution in [2.24, 2.45) is 5.73 Å². The minimum absolute atomic E-state index is 0.124. The molecular weight excluding hydrogens is 356 g/mol. The summed E-state index contributed by atoms with van der Waals surface area (Å²) < 4.78 is 0.722. The molecule has 0 fully saturated rings. The Morgan fingerprint density at radius 1 is 1.19 bits per heavy atom. The molecule has 0 aromatic heterocycles. The number of amides is 1. The number of aromatic hydroxyl groups is 2. The van der Waals surface area contributed by atoms with E-state index in [4.69, 9.17) is 18.0 Å². The standard InChI is InChI=1S/C14H11BrN2O3S/c15-7-4-5-8(13(16)21)9(6-7)17-14(20)12-10(18)2-1-3-11(12)19/h1-6,18-19H,(H2,16,21)(H,17,20). The Kier molecular flexibility index (Phi) is 4.44. The number of nitrogens with two attached hydrogens (primary N) is 1. The van der Waals surface area contributed by atoms with Crippen molar-refractivity contribution in [3.8, 4) is 11.5 Å². The van der Waals surface area contributed by atoms with Crippen molar-refractivity contribution in [2.75, 3.05) is 5.32 Å². The Morgan fingerprint density at radius 2 is 1.81 bits per heavy atom. The molecule has 108 valence electrons. The van der Waals surface area contributed by atoms with Crippen LogP contribution in [0.4, 0.5) is 5.69 Å². The number of carbonyl (C=O) groups excluding carboxylic acids is 1. The molecule has 0 aliphatic heterocycles. The van der Waals surface area contributed by atoms with Crippen LogP contribution in [0.25, 0.3) is 0 Å². The summed E-state index contributed by atoms with van der Waals surface area (Å²) in [6, 6.07) is 9.08. The van der Waals surface area contributed by atoms with Crippen molar-refractivity contribution in [1.29, 1.82) is 0 Å². The summed E-state index contributed by atoms with van der Waals surface area (Å²) in [6.07, 6.45) is 0. The molecule has 0 saturated heterocycles. The van der Waals surface area contributed by atoms with Crippen LogP contribution in [0.3, 0.4) is 0 Å². The molecule has 0 aliphatic rings. The first-order valence-corrected chi connectivity index (χ1v) is 7.02. The van der Waals surface area contributed by atoms with Crippen LogP contribution in [0, 0.1) is 0 Å². The van der Waals surface area contributed by atoms with Gasteiger partial charge in [-0.05, 0) is 30.3 Å². The number of carbonyl (C=O) groups is 1. The first-order chi connectivity index (χ1) is 9.90. The number of anilines is 1. The second-order valence-electron chi connectivity index (χ2n) is 4.18. The van der Waals surface area contributed by atoms with Crippen LogP contribution in [0.15, 0.2) is 40.9 Å². The lowest BCUT2D eigenvalue weighted by Crippen LogP contribution is -2.17. The van der Waals surface area contributed by atoms with Crippen LogP contribution in [0.5, 0.6) is 11.5 Å². The quantitative estimate of drug-likeness (QED) is 0.626. The third-order valence-corrected chi connectivity index (χ3v) is 3.46. The molecule has 21 heavy (non-hydrogen) atoms. The van der Waals surface area contributed by atoms with E-state index < -0.39 is 5.91 Å². The number of hydrogen-bond donors (Lipinski definition) is 4. The molecule has 0 atom stereocenters. The van der Waals surface area contributed by atoms with E-state index in [9.17, 15) is 15.0 Å². The third kappa shape index (κ3) is 3.32. The molecule has 2 rings (SSSR count). The molecule has 0 bridgehead atoms. The number of thiocarbonyl (C=S) groups is 1. The van der Waals surface area contributed by atoms with Crippen LogP contribution in [-0.2, 0) is 0 Å². The van der Waals surface area contributed by atoms with E-state index in [1.165, 1.54) is 18.2 Å². The van der Waals surface area contributed by atoms with Gasteiger partial charge in [0.05, 0.1) is 5.69 Å². The Hall–Kier alpha value is -2.12. The largest absolute Gasteiger partial charge is 0.507 e. The fourth-order valence-corrected chi connectivity index (χ4v) is 2.32. The van der Waals surface area contributed by atoms with Crippen LogP contribution < -0.4 is 11.1 Å². The highest BCUT2D eigenvalue weighted by atomic mass is 79.9. The summed E-state index contributed by atoms with van der Waals surface area (Å²) >= 11 is 8.21. The zero-order chi connectivity index (χ0) is 15.6. The van der Waals surface area contributed by atoms with Gasteiger partial charge >= 0.3 is 0 Å². The molecule has 0 saturated carbocycles. The van der Waals surface area contributed by atoms with Gasteiger partial charge in [0.25, 0.3) is 5.91 Å². The monoisotopic (exact) mass is 366 g/mol. The fourth-order valence-electron chi connectivity index (χ4n) is 1.78. The molecule has 2 aromatic rings. The highest BCUT2D eigenvalue weighted by Gasteiger charge is 2.18. The van der Waals surface area contributed by atoms with Gasteiger partial charge in [0, 0.05) is 10.0 Å². The average Bonchev–Trinajstić information content (AvgIpc) is 2.38. The van der Waals surface area contributed by atoms with Crippen LogP contribution >= 0.6 is 28.1 Å². The van der Waals surface area contributed by atoms with Gasteiger partial charge in [-0.3, -0.25) is 4.79 Å². The first kappa shape index (κ1) is 15.3. The number of hydrogen-bond acceptors (Lipinski definition) is 4. The third-order valence-electron chi connectivity index (χ3n) is 2.74. The van der Waals surface area contributed by atoms with E-state index in [2.05, 4.69) is 21.2 Å². The summed E-state index contributed by atoms with van der Waals surface area (Å²) in [6.45, 7) is 0. The van der Waals surface area contributed by atoms with E-state index in [0.29, 0.717) is 11.3 Å². The molecule has 0 aliphatic carbocycles. The Balaban J connectivity index is 2.40. The van der Waals surface area contributed by atoms with Crippen LogP contribution in [0.1, 0.15) is 15.9 Å². The maximum absolute atomic E-state index is 12.2. The first-order valence-electron chi connectivity index (χ1n) is 5.82. The SMILES string of the molecule is NC(=S)c1ccc(Br)cc1NC(=O)c1c(O)cccc1O. The maximum atomic E-state index is 12.2. The lowest BCUT2D eigenvalue weighted by atomic mass is 10.1.